The van der Waals surface area contributed by atoms with Crippen molar-refractivity contribution in [2.75, 3.05) is 0 Å². The van der Waals surface area contributed by atoms with Crippen LogP contribution < -0.4 is 9.47 Å². The average molecular weight is 298 g/mol. The first kappa shape index (κ1) is 15.7. The monoisotopic (exact) mass is 298 g/mol. The van der Waals surface area contributed by atoms with Crippen LogP contribution in [0.25, 0.3) is 0 Å². The van der Waals surface area contributed by atoms with Crippen LogP contribution in [0.15, 0.2) is 6.07 Å². The number of rotatable bonds is 4. The molecule has 1 heterocycles. The van der Waals surface area contributed by atoms with Gasteiger partial charge in [-0.1, -0.05) is 27.7 Å². The Bertz CT molecular complexity index is 577. The van der Waals surface area contributed by atoms with Crippen molar-refractivity contribution in [3.63, 3.8) is 0 Å². The summed E-state index contributed by atoms with van der Waals surface area (Å²) in [5.41, 5.74) is 2.28. The fourth-order valence-corrected chi connectivity index (χ4v) is 2.74. The van der Waals surface area contributed by atoms with E-state index in [0.717, 1.165) is 11.1 Å². The van der Waals surface area contributed by atoms with Crippen molar-refractivity contribution in [3.05, 3.63) is 22.8 Å². The van der Waals surface area contributed by atoms with Gasteiger partial charge in [-0.05, 0) is 36.0 Å². The second kappa shape index (κ2) is 5.28. The van der Waals surface area contributed by atoms with Gasteiger partial charge in [0.2, 0.25) is 0 Å². The van der Waals surface area contributed by atoms with E-state index in [-0.39, 0.29) is 35.5 Å². The maximum absolute atomic E-state index is 13.4. The smallest absolute Gasteiger partial charge is 0.395 e. The van der Waals surface area contributed by atoms with Crippen LogP contribution in [0.5, 0.6) is 11.5 Å². The Morgan fingerprint density at radius 3 is 2.29 bits per heavy atom. The van der Waals surface area contributed by atoms with Crippen LogP contribution in [0.2, 0.25) is 0 Å². The van der Waals surface area contributed by atoms with Crippen LogP contribution in [0.3, 0.4) is 0 Å². The van der Waals surface area contributed by atoms with Gasteiger partial charge >= 0.3 is 6.29 Å². The minimum atomic E-state index is -3.64. The van der Waals surface area contributed by atoms with E-state index in [0.29, 0.717) is 5.56 Å². The summed E-state index contributed by atoms with van der Waals surface area (Å²) in [5, 5.41) is 0. The number of hydrogen-bond acceptors (Lipinski definition) is 3. The van der Waals surface area contributed by atoms with Gasteiger partial charge in [-0.25, -0.2) is 0 Å². The first-order valence-electron chi connectivity index (χ1n) is 7.07. The van der Waals surface area contributed by atoms with Gasteiger partial charge in [0.15, 0.2) is 11.5 Å². The molecule has 116 valence electrons. The highest BCUT2D eigenvalue weighted by molar-refractivity contribution is 5.80. The molecule has 21 heavy (non-hydrogen) atoms. The molecule has 0 saturated heterocycles. The number of Topliss-reactive ketones (excluding diaryl/α,β-unsaturated/α-hetero) is 1. The second-order valence-corrected chi connectivity index (χ2v) is 6.04. The molecule has 0 amide bonds. The summed E-state index contributed by atoms with van der Waals surface area (Å²) in [5.74, 6) is 0.157. The number of benzene rings is 1. The van der Waals surface area contributed by atoms with Gasteiger partial charge in [-0.2, -0.15) is 0 Å². The fourth-order valence-electron chi connectivity index (χ4n) is 2.74. The molecule has 1 aliphatic rings. The molecular formula is C16H20F2O3. The van der Waals surface area contributed by atoms with E-state index in [9.17, 15) is 13.6 Å². The molecular weight excluding hydrogens is 278 g/mol. The third-order valence-corrected chi connectivity index (χ3v) is 3.50. The van der Waals surface area contributed by atoms with Crippen molar-refractivity contribution in [3.8, 4) is 11.5 Å². The summed E-state index contributed by atoms with van der Waals surface area (Å²) in [7, 11) is 0. The Kier molecular flexibility index (Phi) is 3.95. The maximum atomic E-state index is 13.4. The van der Waals surface area contributed by atoms with Crippen molar-refractivity contribution in [1.82, 2.24) is 0 Å². The number of fused-ring (bicyclic) bond motifs is 1. The van der Waals surface area contributed by atoms with Gasteiger partial charge in [-0.3, -0.25) is 4.79 Å². The molecule has 0 radical (unpaired) electrons. The van der Waals surface area contributed by atoms with Crippen LogP contribution >= 0.6 is 0 Å². The van der Waals surface area contributed by atoms with Crippen molar-refractivity contribution in [2.45, 2.75) is 59.2 Å². The molecule has 5 heteroatoms. The number of carbonyl (C=O) groups excluding carboxylic acids is 1. The molecule has 1 aromatic carbocycles. The molecule has 2 rings (SSSR count). The van der Waals surface area contributed by atoms with Gasteiger partial charge in [-0.15, -0.1) is 8.78 Å². The van der Waals surface area contributed by atoms with Crippen LogP contribution in [-0.2, 0) is 11.2 Å². The molecule has 0 unspecified atom stereocenters. The lowest BCUT2D eigenvalue weighted by Gasteiger charge is -2.20. The van der Waals surface area contributed by atoms with Crippen LogP contribution in [0, 0.1) is 0 Å². The topological polar surface area (TPSA) is 35.5 Å². The highest BCUT2D eigenvalue weighted by Crippen LogP contribution is 2.49. The Labute approximate surface area is 123 Å². The molecule has 0 aliphatic carbocycles. The molecule has 0 saturated carbocycles. The van der Waals surface area contributed by atoms with Gasteiger partial charge in [0, 0.05) is 12.0 Å². The Hall–Kier alpha value is -1.65. The molecule has 0 aromatic heterocycles. The minimum absolute atomic E-state index is 0.00979. The zero-order valence-electron chi connectivity index (χ0n) is 12.9. The molecule has 1 aliphatic heterocycles. The van der Waals surface area contributed by atoms with E-state index in [1.807, 2.05) is 27.7 Å². The van der Waals surface area contributed by atoms with E-state index in [4.69, 9.17) is 0 Å². The van der Waals surface area contributed by atoms with Gasteiger partial charge < -0.3 is 9.47 Å². The van der Waals surface area contributed by atoms with Crippen LogP contribution in [0.4, 0.5) is 8.78 Å². The summed E-state index contributed by atoms with van der Waals surface area (Å²) in [6, 6.07) is 1.57. The standard InChI is InChI=1S/C16H20F2O3/c1-8(2)11-7-13-15(21-16(17,18)20-13)14(9(3)4)12(11)6-10(5)19/h7-9H,6H2,1-5H3. The zero-order valence-corrected chi connectivity index (χ0v) is 12.9. The van der Waals surface area contributed by atoms with Gasteiger partial charge in [0.25, 0.3) is 0 Å². The van der Waals surface area contributed by atoms with E-state index < -0.39 is 6.29 Å². The minimum Gasteiger partial charge on any atom is -0.395 e. The lowest BCUT2D eigenvalue weighted by molar-refractivity contribution is -0.287. The van der Waals surface area contributed by atoms with Crippen molar-refractivity contribution in [2.24, 2.45) is 0 Å². The van der Waals surface area contributed by atoms with Gasteiger partial charge in [0.1, 0.15) is 5.78 Å². The molecule has 0 spiro atoms. The van der Waals surface area contributed by atoms with E-state index in [1.165, 1.54) is 6.92 Å². The van der Waals surface area contributed by atoms with Crippen molar-refractivity contribution in [1.29, 1.82) is 0 Å². The summed E-state index contributed by atoms with van der Waals surface area (Å²) >= 11 is 0. The predicted molar refractivity (Wildman–Crippen MR) is 75.2 cm³/mol. The van der Waals surface area contributed by atoms with Crippen molar-refractivity contribution >= 4 is 5.78 Å². The highest BCUT2D eigenvalue weighted by atomic mass is 19.3. The summed E-state index contributed by atoms with van der Waals surface area (Å²) < 4.78 is 36.1. The number of alkyl halides is 2. The largest absolute Gasteiger partial charge is 0.586 e. The Balaban J connectivity index is 2.70. The van der Waals surface area contributed by atoms with Crippen LogP contribution in [0.1, 0.15) is 63.1 Å². The Morgan fingerprint density at radius 1 is 1.19 bits per heavy atom. The summed E-state index contributed by atoms with van der Waals surface area (Å²) in [6.45, 7) is 9.20. The lowest BCUT2D eigenvalue weighted by Crippen LogP contribution is -2.26. The normalized spacial score (nSPS) is 15.9. The lowest BCUT2D eigenvalue weighted by atomic mass is 9.85. The first-order chi connectivity index (χ1) is 9.62. The molecule has 0 N–H and O–H groups in total. The fraction of sp³-hybridized carbons (Fsp3) is 0.562. The second-order valence-electron chi connectivity index (χ2n) is 6.04. The third kappa shape index (κ3) is 3.01. The molecule has 0 atom stereocenters. The quantitative estimate of drug-likeness (QED) is 0.827. The third-order valence-electron chi connectivity index (χ3n) is 3.50. The number of hydrogen-bond donors (Lipinski definition) is 0. The first-order valence-corrected chi connectivity index (χ1v) is 7.07. The zero-order chi connectivity index (χ0) is 15.9. The average Bonchev–Trinajstić information content (AvgIpc) is 2.59. The highest BCUT2D eigenvalue weighted by Gasteiger charge is 2.46. The molecule has 3 nitrogen and oxygen atoms in total. The molecule has 1 aromatic rings. The maximum Gasteiger partial charge on any atom is 0.586 e. The van der Waals surface area contributed by atoms with Crippen molar-refractivity contribution < 1.29 is 23.0 Å². The Morgan fingerprint density at radius 2 is 1.81 bits per heavy atom. The number of carbonyl (C=O) groups is 1. The molecule has 0 fully saturated rings. The van der Waals surface area contributed by atoms with Crippen LogP contribution in [-0.4, -0.2) is 12.1 Å². The van der Waals surface area contributed by atoms with E-state index in [1.54, 1.807) is 6.07 Å². The number of ketones is 1. The number of halogens is 2. The molecule has 0 bridgehead atoms. The SMILES string of the molecule is CC(=O)Cc1c(C(C)C)cc2c(c1C(C)C)OC(F)(F)O2. The summed E-state index contributed by atoms with van der Waals surface area (Å²) in [6.07, 6.45) is -3.43. The summed E-state index contributed by atoms with van der Waals surface area (Å²) in [4.78, 5) is 11.6. The van der Waals surface area contributed by atoms with Gasteiger partial charge in [0.05, 0.1) is 0 Å². The number of ether oxygens (including phenoxy) is 2. The predicted octanol–water partition coefficient (Wildman–Crippen LogP) is 4.39. The van der Waals surface area contributed by atoms with E-state index in [2.05, 4.69) is 9.47 Å². The van der Waals surface area contributed by atoms with E-state index >= 15 is 0 Å².